The molecule has 0 saturated heterocycles. The maximum atomic E-state index is 5.96. The Labute approximate surface area is 145 Å². The van der Waals surface area contributed by atoms with Gasteiger partial charge in [-0.25, -0.2) is 9.88 Å². The van der Waals surface area contributed by atoms with Crippen molar-refractivity contribution in [1.82, 2.24) is 0 Å². The van der Waals surface area contributed by atoms with Crippen molar-refractivity contribution in [2.45, 2.75) is 13.5 Å². The van der Waals surface area contributed by atoms with Crippen LogP contribution < -0.4 is 9.88 Å². The molecule has 4 heteroatoms. The molecule has 1 N–H and O–H groups in total. The Balaban J connectivity index is 2.04. The molecular formula is C19H18ClN2S+. The Bertz CT molecular complexity index is 807. The normalized spacial score (nSPS) is 10.5. The molecule has 23 heavy (non-hydrogen) atoms. The van der Waals surface area contributed by atoms with E-state index in [2.05, 4.69) is 47.7 Å². The van der Waals surface area contributed by atoms with Crippen LogP contribution in [-0.2, 0) is 6.54 Å². The fraction of sp³-hybridized carbons (Fsp3) is 0.105. The third-order valence-electron chi connectivity index (χ3n) is 3.55. The van der Waals surface area contributed by atoms with Gasteiger partial charge in [0.1, 0.15) is 17.9 Å². The van der Waals surface area contributed by atoms with Crippen molar-refractivity contribution in [2.75, 3.05) is 5.32 Å². The molecule has 3 aromatic rings. The van der Waals surface area contributed by atoms with E-state index in [-0.39, 0.29) is 0 Å². The highest BCUT2D eigenvalue weighted by Crippen LogP contribution is 2.30. The Hall–Kier alpha value is -2.10. The zero-order valence-corrected chi connectivity index (χ0v) is 14.5. The maximum Gasteiger partial charge on any atom is 0.339 e. The fourth-order valence-electron chi connectivity index (χ4n) is 2.55. The number of aromatic nitrogens is 1. The van der Waals surface area contributed by atoms with Crippen LogP contribution in [0.25, 0.3) is 11.3 Å². The minimum absolute atomic E-state index is 0.738. The summed E-state index contributed by atoms with van der Waals surface area (Å²) >= 11 is 7.71. The van der Waals surface area contributed by atoms with Crippen LogP contribution in [-0.4, -0.2) is 0 Å². The number of nitrogens with one attached hydrogen (secondary N) is 1. The van der Waals surface area contributed by atoms with Crippen LogP contribution in [0.15, 0.2) is 67.3 Å². The van der Waals surface area contributed by atoms with Gasteiger partial charge in [0.15, 0.2) is 0 Å². The zero-order chi connectivity index (χ0) is 16.2. The van der Waals surface area contributed by atoms with Crippen molar-refractivity contribution in [3.8, 4) is 11.3 Å². The summed E-state index contributed by atoms with van der Waals surface area (Å²) < 4.78 is 2.26. The van der Waals surface area contributed by atoms with Crippen molar-refractivity contribution in [3.63, 3.8) is 0 Å². The quantitative estimate of drug-likeness (QED) is 0.472. The summed E-state index contributed by atoms with van der Waals surface area (Å²) in [5.41, 5.74) is 3.47. The molecule has 0 fully saturated rings. The lowest BCUT2D eigenvalue weighted by Gasteiger charge is -2.05. The summed E-state index contributed by atoms with van der Waals surface area (Å²) in [5.74, 6) is 0. The van der Waals surface area contributed by atoms with Gasteiger partial charge in [0.05, 0.1) is 4.88 Å². The van der Waals surface area contributed by atoms with Gasteiger partial charge >= 0.3 is 5.13 Å². The van der Waals surface area contributed by atoms with Crippen LogP contribution in [0.1, 0.15) is 4.88 Å². The van der Waals surface area contributed by atoms with E-state index in [9.17, 15) is 0 Å². The van der Waals surface area contributed by atoms with Crippen LogP contribution in [0, 0.1) is 6.92 Å². The molecule has 0 aliphatic heterocycles. The second-order valence-corrected chi connectivity index (χ2v) is 6.85. The highest BCUT2D eigenvalue weighted by atomic mass is 35.5. The van der Waals surface area contributed by atoms with E-state index in [0.717, 1.165) is 22.4 Å². The molecule has 0 unspecified atom stereocenters. The summed E-state index contributed by atoms with van der Waals surface area (Å²) in [5, 5.41) is 5.32. The van der Waals surface area contributed by atoms with Gasteiger partial charge < -0.3 is 0 Å². The van der Waals surface area contributed by atoms with Gasteiger partial charge in [0.25, 0.3) is 0 Å². The van der Waals surface area contributed by atoms with Crippen molar-refractivity contribution in [3.05, 3.63) is 77.2 Å². The summed E-state index contributed by atoms with van der Waals surface area (Å²) in [7, 11) is 0. The molecule has 1 aromatic heterocycles. The number of allylic oxidation sites excluding steroid dienone is 1. The molecule has 2 nitrogen and oxygen atoms in total. The van der Waals surface area contributed by atoms with Crippen molar-refractivity contribution in [1.29, 1.82) is 0 Å². The van der Waals surface area contributed by atoms with Gasteiger partial charge in [0.2, 0.25) is 0 Å². The molecule has 116 valence electrons. The fourth-order valence-corrected chi connectivity index (χ4v) is 3.73. The first-order valence-electron chi connectivity index (χ1n) is 7.41. The first-order valence-corrected chi connectivity index (χ1v) is 8.60. The summed E-state index contributed by atoms with van der Waals surface area (Å²) in [6, 6.07) is 18.2. The van der Waals surface area contributed by atoms with Crippen LogP contribution >= 0.6 is 22.9 Å². The topological polar surface area (TPSA) is 15.9 Å². The van der Waals surface area contributed by atoms with E-state index >= 15 is 0 Å². The number of hydrogen-bond acceptors (Lipinski definition) is 2. The third kappa shape index (κ3) is 3.46. The van der Waals surface area contributed by atoms with Gasteiger partial charge in [-0.15, -0.1) is 0 Å². The van der Waals surface area contributed by atoms with Crippen molar-refractivity contribution >= 4 is 33.8 Å². The number of halogens is 1. The molecule has 0 bridgehead atoms. The van der Waals surface area contributed by atoms with E-state index in [1.807, 2.05) is 36.4 Å². The smallest absolute Gasteiger partial charge is 0.231 e. The minimum atomic E-state index is 0.738. The molecule has 2 aromatic carbocycles. The van der Waals surface area contributed by atoms with Crippen molar-refractivity contribution < 1.29 is 4.57 Å². The number of benzene rings is 2. The van der Waals surface area contributed by atoms with Crippen LogP contribution in [0.4, 0.5) is 10.8 Å². The molecule has 0 aliphatic rings. The predicted molar refractivity (Wildman–Crippen MR) is 99.6 cm³/mol. The lowest BCUT2D eigenvalue weighted by molar-refractivity contribution is -0.657. The maximum absolute atomic E-state index is 5.96. The van der Waals surface area contributed by atoms with Gasteiger partial charge in [-0.2, -0.15) is 0 Å². The zero-order valence-electron chi connectivity index (χ0n) is 12.9. The summed E-state index contributed by atoms with van der Waals surface area (Å²) in [6.07, 6.45) is 1.92. The number of nitrogens with zero attached hydrogens (tertiary/aromatic N) is 1. The number of anilines is 2. The summed E-state index contributed by atoms with van der Waals surface area (Å²) in [6.45, 7) is 6.81. The number of thiazole rings is 1. The number of aryl methyl sites for hydroxylation is 1. The van der Waals surface area contributed by atoms with Crippen LogP contribution in [0.5, 0.6) is 0 Å². The van der Waals surface area contributed by atoms with E-state index in [1.165, 1.54) is 16.1 Å². The Kier molecular flexibility index (Phi) is 4.79. The molecule has 0 amide bonds. The average Bonchev–Trinajstić information content (AvgIpc) is 2.86. The second-order valence-electron chi connectivity index (χ2n) is 5.21. The Morgan fingerprint density at radius 3 is 2.48 bits per heavy atom. The molecule has 3 rings (SSSR count). The van der Waals surface area contributed by atoms with Gasteiger partial charge in [-0.05, 0) is 31.2 Å². The predicted octanol–water partition coefficient (Wildman–Crippen LogP) is 5.59. The second kappa shape index (κ2) is 6.99. The average molecular weight is 342 g/mol. The highest BCUT2D eigenvalue weighted by molar-refractivity contribution is 7.15. The Morgan fingerprint density at radius 1 is 1.13 bits per heavy atom. The summed E-state index contributed by atoms with van der Waals surface area (Å²) in [4.78, 5) is 1.27. The molecule has 1 heterocycles. The third-order valence-corrected chi connectivity index (χ3v) is 4.82. The molecule has 0 radical (unpaired) electrons. The highest BCUT2D eigenvalue weighted by Gasteiger charge is 2.22. The molecule has 0 aliphatic carbocycles. The van der Waals surface area contributed by atoms with E-state index in [0.29, 0.717) is 0 Å². The number of hydrogen-bond donors (Lipinski definition) is 1. The molecule has 0 saturated carbocycles. The first-order chi connectivity index (χ1) is 11.2. The standard InChI is InChI=1S/C19H17ClN2S/c1-3-13-22-18(15-7-5-4-6-8-15)14(2)23-19(22)21-17-11-9-16(20)10-12-17/h3-12H,1,13H2,2H3/p+1. The molecular weight excluding hydrogens is 324 g/mol. The SMILES string of the molecule is C=CC[n+]1c(Nc2ccc(Cl)cc2)sc(C)c1-c1ccccc1. The first kappa shape index (κ1) is 15.8. The largest absolute Gasteiger partial charge is 0.339 e. The minimum Gasteiger partial charge on any atom is -0.231 e. The number of rotatable bonds is 5. The van der Waals surface area contributed by atoms with Crippen LogP contribution in [0.3, 0.4) is 0 Å². The lowest BCUT2D eigenvalue weighted by Crippen LogP contribution is -2.35. The van der Waals surface area contributed by atoms with Gasteiger partial charge in [-0.3, -0.25) is 0 Å². The van der Waals surface area contributed by atoms with E-state index in [4.69, 9.17) is 11.6 Å². The van der Waals surface area contributed by atoms with E-state index < -0.39 is 0 Å². The molecule has 0 atom stereocenters. The monoisotopic (exact) mass is 341 g/mol. The Morgan fingerprint density at radius 2 is 1.83 bits per heavy atom. The van der Waals surface area contributed by atoms with E-state index in [1.54, 1.807) is 11.3 Å². The molecule has 0 spiro atoms. The van der Waals surface area contributed by atoms with Crippen molar-refractivity contribution in [2.24, 2.45) is 0 Å². The van der Waals surface area contributed by atoms with Gasteiger partial charge in [-0.1, -0.05) is 65.9 Å². The van der Waals surface area contributed by atoms with Gasteiger partial charge in [0, 0.05) is 10.6 Å². The van der Waals surface area contributed by atoms with Crippen LogP contribution in [0.2, 0.25) is 5.02 Å². The lowest BCUT2D eigenvalue weighted by atomic mass is 10.1.